The Morgan fingerprint density at radius 3 is 2.76 bits per heavy atom. The summed E-state index contributed by atoms with van der Waals surface area (Å²) in [5.41, 5.74) is 5.52. The highest BCUT2D eigenvalue weighted by Crippen LogP contribution is 2.13. The molecular formula is C13H27N3S. The normalized spacial score (nSPS) is 23.5. The molecule has 2 N–H and O–H groups in total. The van der Waals surface area contributed by atoms with Crippen molar-refractivity contribution in [3.8, 4) is 0 Å². The van der Waals surface area contributed by atoms with Gasteiger partial charge < -0.3 is 10.6 Å². The molecule has 0 aromatic rings. The van der Waals surface area contributed by atoms with E-state index in [-0.39, 0.29) is 0 Å². The Morgan fingerprint density at radius 2 is 2.12 bits per heavy atom. The number of hydrogen-bond acceptors (Lipinski definition) is 3. The average Bonchev–Trinajstić information content (AvgIpc) is 2.46. The van der Waals surface area contributed by atoms with Crippen molar-refractivity contribution >= 4 is 17.2 Å². The summed E-state index contributed by atoms with van der Waals surface area (Å²) in [6.45, 7) is 7.20. The molecule has 0 aromatic heterocycles. The molecule has 0 aliphatic carbocycles. The van der Waals surface area contributed by atoms with E-state index >= 15 is 0 Å². The molecule has 0 bridgehead atoms. The molecule has 0 saturated carbocycles. The number of rotatable bonds is 6. The molecule has 17 heavy (non-hydrogen) atoms. The van der Waals surface area contributed by atoms with Crippen molar-refractivity contribution < 1.29 is 0 Å². The lowest BCUT2D eigenvalue weighted by atomic mass is 10.1. The first kappa shape index (κ1) is 14.9. The Morgan fingerprint density at radius 1 is 1.35 bits per heavy atom. The maximum Gasteiger partial charge on any atom is 0.0727 e. The third kappa shape index (κ3) is 5.80. The van der Waals surface area contributed by atoms with Gasteiger partial charge in [0, 0.05) is 12.6 Å². The van der Waals surface area contributed by atoms with Crippen molar-refractivity contribution in [3.63, 3.8) is 0 Å². The molecule has 1 unspecified atom stereocenters. The minimum atomic E-state index is 0.660. The van der Waals surface area contributed by atoms with Gasteiger partial charge in [0.1, 0.15) is 0 Å². The van der Waals surface area contributed by atoms with Crippen LogP contribution in [0, 0.1) is 0 Å². The van der Waals surface area contributed by atoms with E-state index in [1.165, 1.54) is 45.4 Å². The lowest BCUT2D eigenvalue weighted by Crippen LogP contribution is -2.40. The van der Waals surface area contributed by atoms with Crippen LogP contribution in [0.25, 0.3) is 0 Å². The monoisotopic (exact) mass is 257 g/mol. The van der Waals surface area contributed by atoms with Gasteiger partial charge in [0.15, 0.2) is 0 Å². The van der Waals surface area contributed by atoms with Crippen LogP contribution in [0.4, 0.5) is 0 Å². The molecule has 1 heterocycles. The fraction of sp³-hybridized carbons (Fsp3) is 0.923. The summed E-state index contributed by atoms with van der Waals surface area (Å²) in [4.78, 5) is 5.78. The summed E-state index contributed by atoms with van der Waals surface area (Å²) in [5.74, 6) is 0. The summed E-state index contributed by atoms with van der Waals surface area (Å²) in [6, 6.07) is 0.729. The summed E-state index contributed by atoms with van der Waals surface area (Å²) >= 11 is 4.91. The number of unbranched alkanes of at least 4 members (excludes halogenated alkanes) is 1. The van der Waals surface area contributed by atoms with Gasteiger partial charge >= 0.3 is 0 Å². The molecule has 3 nitrogen and oxygen atoms in total. The van der Waals surface area contributed by atoms with E-state index in [0.29, 0.717) is 4.99 Å². The number of thiocarbonyl (C=S) groups is 1. The molecule has 1 fully saturated rings. The number of hydrogen-bond donors (Lipinski definition) is 1. The van der Waals surface area contributed by atoms with Gasteiger partial charge in [-0.05, 0) is 58.8 Å². The molecule has 1 aliphatic heterocycles. The third-order valence-corrected chi connectivity index (χ3v) is 3.82. The van der Waals surface area contributed by atoms with Crippen molar-refractivity contribution in [1.82, 2.24) is 9.80 Å². The number of nitrogens with two attached hydrogens (primary N) is 1. The van der Waals surface area contributed by atoms with Crippen LogP contribution in [0.2, 0.25) is 0 Å². The van der Waals surface area contributed by atoms with E-state index in [2.05, 4.69) is 23.8 Å². The van der Waals surface area contributed by atoms with Crippen molar-refractivity contribution in [1.29, 1.82) is 0 Å². The fourth-order valence-electron chi connectivity index (χ4n) is 2.59. The second kappa shape index (κ2) is 8.01. The summed E-state index contributed by atoms with van der Waals surface area (Å²) in [7, 11) is 2.24. The minimum Gasteiger partial charge on any atom is -0.393 e. The highest BCUT2D eigenvalue weighted by molar-refractivity contribution is 7.80. The molecule has 1 atom stereocenters. The maximum absolute atomic E-state index is 5.52. The van der Waals surface area contributed by atoms with E-state index in [1.54, 1.807) is 0 Å². The smallest absolute Gasteiger partial charge is 0.0727 e. The van der Waals surface area contributed by atoms with Gasteiger partial charge in [-0.25, -0.2) is 0 Å². The zero-order chi connectivity index (χ0) is 12.7. The predicted octanol–water partition coefficient (Wildman–Crippen LogP) is 1.86. The van der Waals surface area contributed by atoms with Crippen molar-refractivity contribution in [2.24, 2.45) is 5.73 Å². The van der Waals surface area contributed by atoms with E-state index in [4.69, 9.17) is 18.0 Å². The van der Waals surface area contributed by atoms with Crippen molar-refractivity contribution in [3.05, 3.63) is 0 Å². The topological polar surface area (TPSA) is 32.5 Å². The van der Waals surface area contributed by atoms with Crippen LogP contribution in [-0.4, -0.2) is 54.1 Å². The van der Waals surface area contributed by atoms with Crippen LogP contribution in [0.5, 0.6) is 0 Å². The summed E-state index contributed by atoms with van der Waals surface area (Å²) in [5, 5.41) is 0. The Hall–Kier alpha value is -0.190. The highest BCUT2D eigenvalue weighted by atomic mass is 32.1. The number of nitrogens with zero attached hydrogens (tertiary/aromatic N) is 2. The van der Waals surface area contributed by atoms with Crippen LogP contribution < -0.4 is 5.73 Å². The molecule has 4 heteroatoms. The van der Waals surface area contributed by atoms with Gasteiger partial charge in [-0.3, -0.25) is 4.90 Å². The summed E-state index contributed by atoms with van der Waals surface area (Å²) < 4.78 is 0. The Kier molecular flexibility index (Phi) is 7.00. The predicted molar refractivity (Wildman–Crippen MR) is 78.4 cm³/mol. The lowest BCUT2D eigenvalue weighted by Gasteiger charge is -2.30. The van der Waals surface area contributed by atoms with Gasteiger partial charge in [-0.1, -0.05) is 19.1 Å². The van der Waals surface area contributed by atoms with Crippen LogP contribution in [0.3, 0.4) is 0 Å². The SMILES string of the molecule is CCC1CN(C)CCCN1CCCCC(N)=S. The van der Waals surface area contributed by atoms with Gasteiger partial charge in [-0.15, -0.1) is 0 Å². The van der Waals surface area contributed by atoms with Gasteiger partial charge in [-0.2, -0.15) is 0 Å². The van der Waals surface area contributed by atoms with Crippen LogP contribution in [-0.2, 0) is 0 Å². The molecule has 1 saturated heterocycles. The Balaban J connectivity index is 2.30. The van der Waals surface area contributed by atoms with E-state index in [0.717, 1.165) is 18.9 Å². The van der Waals surface area contributed by atoms with E-state index < -0.39 is 0 Å². The van der Waals surface area contributed by atoms with E-state index in [9.17, 15) is 0 Å². The molecule has 0 aromatic carbocycles. The molecule has 100 valence electrons. The number of likely N-dealkylation sites (N-methyl/N-ethyl adjacent to an activating group) is 1. The maximum atomic E-state index is 5.52. The van der Waals surface area contributed by atoms with Crippen LogP contribution >= 0.6 is 12.2 Å². The zero-order valence-electron chi connectivity index (χ0n) is 11.3. The van der Waals surface area contributed by atoms with E-state index in [1.807, 2.05) is 0 Å². The quantitative estimate of drug-likeness (QED) is 0.581. The van der Waals surface area contributed by atoms with Gasteiger partial charge in [0.05, 0.1) is 4.99 Å². The first-order valence-corrected chi connectivity index (χ1v) is 7.25. The standard InChI is InChI=1S/C13H27N3S/c1-3-12-11-15(2)8-6-10-16(12)9-5-4-7-13(14)17/h12H,3-11H2,1-2H3,(H2,14,17). The Labute approximate surface area is 111 Å². The molecule has 0 radical (unpaired) electrons. The van der Waals surface area contributed by atoms with Crippen molar-refractivity contribution in [2.45, 2.75) is 45.1 Å². The second-order valence-corrected chi connectivity index (χ2v) is 5.66. The van der Waals surface area contributed by atoms with Gasteiger partial charge in [0.2, 0.25) is 0 Å². The molecule has 0 spiro atoms. The summed E-state index contributed by atoms with van der Waals surface area (Å²) in [6.07, 6.45) is 5.80. The fourth-order valence-corrected chi connectivity index (χ4v) is 2.73. The zero-order valence-corrected chi connectivity index (χ0v) is 12.1. The highest BCUT2D eigenvalue weighted by Gasteiger charge is 2.21. The molecule has 1 aliphatic rings. The second-order valence-electron chi connectivity index (χ2n) is 5.14. The van der Waals surface area contributed by atoms with Crippen LogP contribution in [0.15, 0.2) is 0 Å². The Bertz CT molecular complexity index is 233. The van der Waals surface area contributed by atoms with Crippen LogP contribution in [0.1, 0.15) is 39.0 Å². The lowest BCUT2D eigenvalue weighted by molar-refractivity contribution is 0.181. The first-order valence-electron chi connectivity index (χ1n) is 6.84. The van der Waals surface area contributed by atoms with Crippen molar-refractivity contribution in [2.75, 3.05) is 33.2 Å². The molecule has 1 rings (SSSR count). The molecule has 0 amide bonds. The largest absolute Gasteiger partial charge is 0.393 e. The molecular weight excluding hydrogens is 230 g/mol. The first-order chi connectivity index (χ1) is 8.13. The minimum absolute atomic E-state index is 0.660. The average molecular weight is 257 g/mol. The third-order valence-electron chi connectivity index (χ3n) is 3.61. The van der Waals surface area contributed by atoms with Gasteiger partial charge in [0.25, 0.3) is 0 Å².